The maximum Gasteiger partial charge on any atom is 0.162 e. The number of rotatable bonds is 1. The summed E-state index contributed by atoms with van der Waals surface area (Å²) < 4.78 is 14.8. The topological polar surface area (TPSA) is 29.1 Å². The van der Waals surface area contributed by atoms with Gasteiger partial charge >= 0.3 is 0 Å². The summed E-state index contributed by atoms with van der Waals surface area (Å²) in [6.45, 7) is 4.24. The third-order valence-corrected chi connectivity index (χ3v) is 6.36. The van der Waals surface area contributed by atoms with Gasteiger partial charge in [-0.1, -0.05) is 61.8 Å². The van der Waals surface area contributed by atoms with Crippen LogP contribution in [0.3, 0.4) is 0 Å². The Morgan fingerprint density at radius 1 is 1.03 bits per heavy atom. The highest BCUT2D eigenvalue weighted by atomic mass is 35.5. The molecule has 0 unspecified atom stereocenters. The number of hydrogen-bond donors (Lipinski definition) is 1. The molecule has 29 heavy (non-hydrogen) atoms. The SMILES string of the molecule is CC1(C)CC(=O)C2=C(C1)c1c(ccc3ccccc13)N[C@@H]2c1c(F)cccc1Cl. The number of Topliss-reactive ketones (excluding diaryl/α,β-unsaturated/α-hetero) is 1. The molecule has 0 saturated carbocycles. The van der Waals surface area contributed by atoms with Gasteiger partial charge in [-0.15, -0.1) is 0 Å². The Labute approximate surface area is 174 Å². The highest BCUT2D eigenvalue weighted by Gasteiger charge is 2.41. The van der Waals surface area contributed by atoms with Crippen molar-refractivity contribution < 1.29 is 9.18 Å². The molecule has 0 fully saturated rings. The number of benzene rings is 3. The monoisotopic (exact) mass is 405 g/mol. The third-order valence-electron chi connectivity index (χ3n) is 6.03. The quantitative estimate of drug-likeness (QED) is 0.475. The first-order chi connectivity index (χ1) is 13.9. The van der Waals surface area contributed by atoms with Gasteiger partial charge in [0.05, 0.1) is 6.04 Å². The number of allylic oxidation sites excluding steroid dienone is 1. The van der Waals surface area contributed by atoms with Gasteiger partial charge < -0.3 is 5.32 Å². The van der Waals surface area contributed by atoms with Gasteiger partial charge in [-0.25, -0.2) is 4.39 Å². The molecule has 4 heteroatoms. The van der Waals surface area contributed by atoms with Crippen molar-refractivity contribution in [3.8, 4) is 0 Å². The minimum absolute atomic E-state index is 0.0617. The average molecular weight is 406 g/mol. The van der Waals surface area contributed by atoms with Crippen molar-refractivity contribution in [1.82, 2.24) is 0 Å². The minimum Gasteiger partial charge on any atom is -0.373 e. The Balaban J connectivity index is 1.84. The van der Waals surface area contributed by atoms with Crippen LogP contribution in [0.15, 0.2) is 60.2 Å². The van der Waals surface area contributed by atoms with Crippen LogP contribution in [0.2, 0.25) is 5.02 Å². The van der Waals surface area contributed by atoms with E-state index >= 15 is 0 Å². The molecule has 146 valence electrons. The number of nitrogens with one attached hydrogen (secondary N) is 1. The number of hydrogen-bond acceptors (Lipinski definition) is 2. The van der Waals surface area contributed by atoms with E-state index in [9.17, 15) is 9.18 Å². The summed E-state index contributed by atoms with van der Waals surface area (Å²) in [4.78, 5) is 13.3. The van der Waals surface area contributed by atoms with Gasteiger partial charge in [0.1, 0.15) is 5.82 Å². The van der Waals surface area contributed by atoms with Crippen LogP contribution in [-0.4, -0.2) is 5.78 Å². The molecule has 0 bridgehead atoms. The van der Waals surface area contributed by atoms with Gasteiger partial charge in [0, 0.05) is 33.8 Å². The highest BCUT2D eigenvalue weighted by Crippen LogP contribution is 2.52. The van der Waals surface area contributed by atoms with Crippen LogP contribution < -0.4 is 5.32 Å². The summed E-state index contributed by atoms with van der Waals surface area (Å²) in [7, 11) is 0. The molecule has 2 nitrogen and oxygen atoms in total. The number of fused-ring (bicyclic) bond motifs is 4. The van der Waals surface area contributed by atoms with Crippen LogP contribution in [-0.2, 0) is 4.79 Å². The van der Waals surface area contributed by atoms with Crippen LogP contribution in [0.5, 0.6) is 0 Å². The first kappa shape index (κ1) is 18.4. The smallest absolute Gasteiger partial charge is 0.162 e. The summed E-state index contributed by atoms with van der Waals surface area (Å²) >= 11 is 6.41. The van der Waals surface area contributed by atoms with Crippen molar-refractivity contribution >= 4 is 39.4 Å². The largest absolute Gasteiger partial charge is 0.373 e. The van der Waals surface area contributed by atoms with Crippen LogP contribution in [0.1, 0.15) is 43.9 Å². The van der Waals surface area contributed by atoms with E-state index in [0.29, 0.717) is 22.6 Å². The fourth-order valence-electron chi connectivity index (χ4n) is 4.84. The van der Waals surface area contributed by atoms with Gasteiger partial charge in [0.25, 0.3) is 0 Å². The summed E-state index contributed by atoms with van der Waals surface area (Å²) in [5.41, 5.74) is 3.83. The number of ketones is 1. The molecule has 2 aliphatic rings. The van der Waals surface area contributed by atoms with Gasteiger partial charge in [-0.05, 0) is 46.4 Å². The maximum atomic E-state index is 14.8. The predicted molar refractivity (Wildman–Crippen MR) is 117 cm³/mol. The fraction of sp³-hybridized carbons (Fsp3) is 0.240. The Hall–Kier alpha value is -2.65. The standard InChI is InChI=1S/C25H21ClFNO/c1-25(2)12-16-21-15-7-4-3-6-14(15)10-11-19(21)28-24(22(16)20(29)13-25)23-17(26)8-5-9-18(23)27/h3-11,24,28H,12-13H2,1-2H3/t24-/m0/s1. The zero-order valence-electron chi connectivity index (χ0n) is 16.4. The zero-order valence-corrected chi connectivity index (χ0v) is 17.1. The molecule has 5 rings (SSSR count). The molecule has 0 aromatic heterocycles. The van der Waals surface area contributed by atoms with Crippen molar-refractivity contribution in [3.63, 3.8) is 0 Å². The maximum absolute atomic E-state index is 14.8. The molecule has 0 radical (unpaired) electrons. The molecule has 1 heterocycles. The second kappa shape index (κ2) is 6.43. The lowest BCUT2D eigenvalue weighted by Gasteiger charge is -2.40. The molecule has 1 aliphatic heterocycles. The van der Waals surface area contributed by atoms with Crippen LogP contribution in [0.4, 0.5) is 10.1 Å². The van der Waals surface area contributed by atoms with Gasteiger partial charge in [0.15, 0.2) is 5.78 Å². The van der Waals surface area contributed by atoms with Crippen molar-refractivity contribution in [2.75, 3.05) is 5.32 Å². The Kier molecular flexibility index (Phi) is 4.08. The minimum atomic E-state index is -0.587. The number of halogens is 2. The number of carbonyl (C=O) groups excluding carboxylic acids is 1. The van der Waals surface area contributed by atoms with Crippen molar-refractivity contribution in [3.05, 3.63) is 82.1 Å². The summed E-state index contributed by atoms with van der Waals surface area (Å²) in [6, 6.07) is 16.3. The molecular formula is C25H21ClFNO. The first-order valence-corrected chi connectivity index (χ1v) is 10.2. The molecule has 3 aromatic carbocycles. The molecule has 0 amide bonds. The van der Waals surface area contributed by atoms with E-state index in [4.69, 9.17) is 11.6 Å². The first-order valence-electron chi connectivity index (χ1n) is 9.84. The summed E-state index contributed by atoms with van der Waals surface area (Å²) in [6.07, 6.45) is 1.20. The third kappa shape index (κ3) is 2.87. The predicted octanol–water partition coefficient (Wildman–Crippen LogP) is 6.94. The lowest BCUT2D eigenvalue weighted by Crippen LogP contribution is -2.33. The van der Waals surface area contributed by atoms with E-state index in [1.165, 1.54) is 6.07 Å². The molecular weight excluding hydrogens is 385 g/mol. The Morgan fingerprint density at radius 2 is 1.83 bits per heavy atom. The van der Waals surface area contributed by atoms with Crippen LogP contribution in [0.25, 0.3) is 16.3 Å². The van der Waals surface area contributed by atoms with E-state index in [1.54, 1.807) is 12.1 Å². The second-order valence-corrected chi connectivity index (χ2v) is 9.16. The second-order valence-electron chi connectivity index (χ2n) is 8.76. The summed E-state index contributed by atoms with van der Waals surface area (Å²) in [5, 5.41) is 6.00. The molecule has 1 atom stereocenters. The summed E-state index contributed by atoms with van der Waals surface area (Å²) in [5.74, 6) is -0.338. The normalized spacial score (nSPS) is 20.3. The van der Waals surface area contributed by atoms with Crippen molar-refractivity contribution in [2.45, 2.75) is 32.7 Å². The van der Waals surface area contributed by atoms with Crippen LogP contribution >= 0.6 is 11.6 Å². The molecule has 3 aromatic rings. The highest BCUT2D eigenvalue weighted by molar-refractivity contribution is 6.31. The van der Waals surface area contributed by atoms with Crippen molar-refractivity contribution in [2.24, 2.45) is 5.41 Å². The van der Waals surface area contributed by atoms with E-state index in [0.717, 1.165) is 34.0 Å². The average Bonchev–Trinajstić information content (AvgIpc) is 2.66. The van der Waals surface area contributed by atoms with Gasteiger partial charge in [-0.3, -0.25) is 4.79 Å². The lowest BCUT2D eigenvalue weighted by atomic mass is 9.68. The lowest BCUT2D eigenvalue weighted by molar-refractivity contribution is -0.118. The molecule has 0 spiro atoms. The Morgan fingerprint density at radius 3 is 2.62 bits per heavy atom. The fourth-order valence-corrected chi connectivity index (χ4v) is 5.11. The van der Waals surface area contributed by atoms with Crippen LogP contribution in [0, 0.1) is 11.2 Å². The van der Waals surface area contributed by atoms with Gasteiger partial charge in [-0.2, -0.15) is 0 Å². The number of carbonyl (C=O) groups is 1. The zero-order chi connectivity index (χ0) is 20.3. The van der Waals surface area contributed by atoms with E-state index in [2.05, 4.69) is 37.4 Å². The van der Waals surface area contributed by atoms with E-state index in [-0.39, 0.29) is 11.2 Å². The van der Waals surface area contributed by atoms with E-state index in [1.807, 2.05) is 18.2 Å². The number of anilines is 1. The Bertz CT molecular complexity index is 1190. The van der Waals surface area contributed by atoms with Crippen molar-refractivity contribution in [1.29, 1.82) is 0 Å². The van der Waals surface area contributed by atoms with E-state index < -0.39 is 11.9 Å². The molecule has 1 aliphatic carbocycles. The molecule has 0 saturated heterocycles. The molecule has 1 N–H and O–H groups in total. The van der Waals surface area contributed by atoms with Gasteiger partial charge in [0.2, 0.25) is 0 Å².